The quantitative estimate of drug-likeness (QED) is 0.412. The lowest BCUT2D eigenvalue weighted by molar-refractivity contribution is -0.142. The van der Waals surface area contributed by atoms with Gasteiger partial charge in [0.1, 0.15) is 13.2 Å². The van der Waals surface area contributed by atoms with E-state index in [2.05, 4.69) is 10.1 Å². The van der Waals surface area contributed by atoms with E-state index in [-0.39, 0.29) is 19.0 Å². The number of ether oxygens (including phenoxy) is 2. The van der Waals surface area contributed by atoms with Gasteiger partial charge < -0.3 is 14.8 Å². The van der Waals surface area contributed by atoms with Gasteiger partial charge in [-0.15, -0.1) is 11.6 Å². The number of nitrogens with one attached hydrogen (secondary N) is 1. The summed E-state index contributed by atoms with van der Waals surface area (Å²) >= 11 is 5.30. The van der Waals surface area contributed by atoms with Crippen molar-refractivity contribution in [3.63, 3.8) is 0 Å². The Morgan fingerprint density at radius 2 is 2.00 bits per heavy atom. The average molecular weight is 238 g/mol. The van der Waals surface area contributed by atoms with Crippen LogP contribution in [0.3, 0.4) is 0 Å². The lowest BCUT2D eigenvalue weighted by Gasteiger charge is -2.05. The molecule has 0 unspecified atom stereocenters. The predicted octanol–water partition coefficient (Wildman–Crippen LogP) is 1.29. The monoisotopic (exact) mass is 237 g/mol. The first-order valence-electron chi connectivity index (χ1n) is 4.83. The Morgan fingerprint density at radius 1 is 1.27 bits per heavy atom. The van der Waals surface area contributed by atoms with Crippen LogP contribution in [0.2, 0.25) is 0 Å². The van der Waals surface area contributed by atoms with Crippen LogP contribution in [0.4, 0.5) is 4.79 Å². The molecule has 0 radical (unpaired) electrons. The van der Waals surface area contributed by atoms with Gasteiger partial charge in [-0.1, -0.05) is 13.3 Å². The summed E-state index contributed by atoms with van der Waals surface area (Å²) in [7, 11) is 0. The molecular weight excluding hydrogens is 222 g/mol. The Labute approximate surface area is 94.1 Å². The van der Waals surface area contributed by atoms with Crippen molar-refractivity contribution in [3.05, 3.63) is 0 Å². The number of amides is 1. The number of alkyl halides is 1. The first kappa shape index (κ1) is 14.0. The van der Waals surface area contributed by atoms with Crippen LogP contribution in [0, 0.1) is 0 Å². The number of alkyl carbamates (subject to hydrolysis) is 1. The Bertz CT molecular complexity index is 199. The molecule has 0 saturated heterocycles. The number of hydrogen-bond acceptors (Lipinski definition) is 4. The maximum atomic E-state index is 11.0. The van der Waals surface area contributed by atoms with Gasteiger partial charge in [-0.05, 0) is 6.42 Å². The molecule has 0 rings (SSSR count). The fourth-order valence-corrected chi connectivity index (χ4v) is 0.785. The topological polar surface area (TPSA) is 64.6 Å². The van der Waals surface area contributed by atoms with Gasteiger partial charge in [0.2, 0.25) is 0 Å². The first-order chi connectivity index (χ1) is 7.20. The molecule has 88 valence electrons. The van der Waals surface area contributed by atoms with E-state index in [0.717, 1.165) is 12.8 Å². The molecule has 0 aromatic heterocycles. The molecule has 15 heavy (non-hydrogen) atoms. The van der Waals surface area contributed by atoms with Gasteiger partial charge in [0, 0.05) is 0 Å². The molecule has 0 spiro atoms. The standard InChI is InChI=1S/C9H16ClNO4/c1-2-3-5-14-8(12)7-11-9(13)15-6-4-10/h2-7H2,1H3,(H,11,13). The number of esters is 1. The summed E-state index contributed by atoms with van der Waals surface area (Å²) in [5.74, 6) is -0.236. The van der Waals surface area contributed by atoms with Crippen molar-refractivity contribution in [1.29, 1.82) is 0 Å². The zero-order valence-electron chi connectivity index (χ0n) is 8.75. The summed E-state index contributed by atoms with van der Waals surface area (Å²) in [6, 6.07) is 0. The minimum Gasteiger partial charge on any atom is -0.464 e. The summed E-state index contributed by atoms with van der Waals surface area (Å²) < 4.78 is 9.38. The number of rotatable bonds is 7. The highest BCUT2D eigenvalue weighted by atomic mass is 35.5. The second-order valence-electron chi connectivity index (χ2n) is 2.75. The molecule has 0 aromatic carbocycles. The van der Waals surface area contributed by atoms with Gasteiger partial charge in [0.05, 0.1) is 12.5 Å². The third kappa shape index (κ3) is 9.34. The smallest absolute Gasteiger partial charge is 0.407 e. The number of unbranched alkanes of at least 4 members (excludes halogenated alkanes) is 1. The summed E-state index contributed by atoms with van der Waals surface area (Å²) in [5, 5.41) is 2.25. The van der Waals surface area contributed by atoms with E-state index < -0.39 is 12.1 Å². The number of carbonyl (C=O) groups is 2. The summed E-state index contributed by atoms with van der Waals surface area (Å²) in [6.45, 7) is 2.33. The van der Waals surface area contributed by atoms with Crippen LogP contribution >= 0.6 is 11.6 Å². The molecule has 1 N–H and O–H groups in total. The molecule has 1 amide bonds. The molecule has 0 fully saturated rings. The summed E-state index contributed by atoms with van der Waals surface area (Å²) in [4.78, 5) is 21.8. The Balaban J connectivity index is 3.40. The van der Waals surface area contributed by atoms with Crippen LogP contribution in [0.15, 0.2) is 0 Å². The van der Waals surface area contributed by atoms with Crippen molar-refractivity contribution < 1.29 is 19.1 Å². The average Bonchev–Trinajstić information content (AvgIpc) is 2.24. The van der Waals surface area contributed by atoms with E-state index in [4.69, 9.17) is 16.3 Å². The van der Waals surface area contributed by atoms with E-state index in [0.29, 0.717) is 6.61 Å². The molecule has 5 nitrogen and oxygen atoms in total. The molecular formula is C9H16ClNO4. The Hall–Kier alpha value is -0.970. The minimum absolute atomic E-state index is 0.123. The second kappa shape index (κ2) is 9.58. The van der Waals surface area contributed by atoms with Crippen LogP contribution in [-0.2, 0) is 14.3 Å². The molecule has 0 aromatic rings. The SMILES string of the molecule is CCCCOC(=O)CNC(=O)OCCCl. The van der Waals surface area contributed by atoms with Gasteiger partial charge in [-0.3, -0.25) is 4.79 Å². The van der Waals surface area contributed by atoms with E-state index in [1.165, 1.54) is 0 Å². The highest BCUT2D eigenvalue weighted by Gasteiger charge is 2.06. The Kier molecular flexibility index (Phi) is 8.96. The van der Waals surface area contributed by atoms with Crippen molar-refractivity contribution in [2.75, 3.05) is 25.6 Å². The summed E-state index contributed by atoms with van der Waals surface area (Å²) in [5.41, 5.74) is 0. The number of halogens is 1. The van der Waals surface area contributed by atoms with Crippen LogP contribution in [0.5, 0.6) is 0 Å². The van der Waals surface area contributed by atoms with Crippen LogP contribution < -0.4 is 5.32 Å². The van der Waals surface area contributed by atoms with Gasteiger partial charge in [0.15, 0.2) is 0 Å². The fourth-order valence-electron chi connectivity index (χ4n) is 0.708. The third-order valence-corrected chi connectivity index (χ3v) is 1.60. The van der Waals surface area contributed by atoms with E-state index in [1.54, 1.807) is 0 Å². The maximum Gasteiger partial charge on any atom is 0.407 e. The highest BCUT2D eigenvalue weighted by molar-refractivity contribution is 6.18. The van der Waals surface area contributed by atoms with Gasteiger partial charge in [-0.25, -0.2) is 4.79 Å². The van der Waals surface area contributed by atoms with E-state index in [9.17, 15) is 9.59 Å². The van der Waals surface area contributed by atoms with Crippen molar-refractivity contribution in [2.24, 2.45) is 0 Å². The van der Waals surface area contributed by atoms with Crippen LogP contribution in [0.25, 0.3) is 0 Å². The van der Waals surface area contributed by atoms with Crippen molar-refractivity contribution in [3.8, 4) is 0 Å². The van der Waals surface area contributed by atoms with E-state index >= 15 is 0 Å². The maximum absolute atomic E-state index is 11.0. The molecule has 0 atom stereocenters. The predicted molar refractivity (Wildman–Crippen MR) is 55.9 cm³/mol. The van der Waals surface area contributed by atoms with Gasteiger partial charge in [-0.2, -0.15) is 0 Å². The van der Waals surface area contributed by atoms with Crippen molar-refractivity contribution >= 4 is 23.7 Å². The third-order valence-electron chi connectivity index (χ3n) is 1.45. The Morgan fingerprint density at radius 3 is 2.60 bits per heavy atom. The summed E-state index contributed by atoms with van der Waals surface area (Å²) in [6.07, 6.45) is 1.11. The van der Waals surface area contributed by atoms with Crippen LogP contribution in [-0.4, -0.2) is 37.7 Å². The molecule has 0 aliphatic carbocycles. The van der Waals surface area contributed by atoms with Gasteiger partial charge in [0.25, 0.3) is 0 Å². The highest BCUT2D eigenvalue weighted by Crippen LogP contribution is 1.88. The zero-order valence-corrected chi connectivity index (χ0v) is 9.51. The largest absolute Gasteiger partial charge is 0.464 e. The van der Waals surface area contributed by atoms with Crippen molar-refractivity contribution in [1.82, 2.24) is 5.32 Å². The molecule has 0 saturated carbocycles. The second-order valence-corrected chi connectivity index (χ2v) is 3.13. The zero-order chi connectivity index (χ0) is 11.5. The molecule has 0 aliphatic rings. The van der Waals surface area contributed by atoms with Crippen LogP contribution in [0.1, 0.15) is 19.8 Å². The van der Waals surface area contributed by atoms with E-state index in [1.807, 2.05) is 6.92 Å². The molecule has 0 aliphatic heterocycles. The number of hydrogen-bond donors (Lipinski definition) is 1. The fraction of sp³-hybridized carbons (Fsp3) is 0.778. The minimum atomic E-state index is -0.664. The molecule has 0 bridgehead atoms. The molecule has 0 heterocycles. The lowest BCUT2D eigenvalue weighted by Crippen LogP contribution is -2.31. The molecule has 6 heteroatoms. The van der Waals surface area contributed by atoms with Gasteiger partial charge >= 0.3 is 12.1 Å². The van der Waals surface area contributed by atoms with Crippen molar-refractivity contribution in [2.45, 2.75) is 19.8 Å². The normalized spacial score (nSPS) is 9.47. The lowest BCUT2D eigenvalue weighted by atomic mass is 10.4. The number of carbonyl (C=O) groups excluding carboxylic acids is 2. The first-order valence-corrected chi connectivity index (χ1v) is 5.36.